The Morgan fingerprint density at radius 1 is 1.15 bits per heavy atom. The smallest absolute Gasteiger partial charge is 0.261 e. The molecule has 0 radical (unpaired) electrons. The van der Waals surface area contributed by atoms with E-state index in [-0.39, 0.29) is 30.6 Å². The van der Waals surface area contributed by atoms with Gasteiger partial charge in [-0.15, -0.1) is 0 Å². The monoisotopic (exact) mass is 459 g/mol. The summed E-state index contributed by atoms with van der Waals surface area (Å²) < 4.78 is 20.7. The second kappa shape index (κ2) is 8.34. The number of rotatable bonds is 5. The quantitative estimate of drug-likeness (QED) is 0.459. The summed E-state index contributed by atoms with van der Waals surface area (Å²) in [6.07, 6.45) is 1.77. The molecule has 1 unspecified atom stereocenters. The summed E-state index contributed by atoms with van der Waals surface area (Å²) in [4.78, 5) is 18.1. The van der Waals surface area contributed by atoms with Crippen molar-refractivity contribution in [2.45, 2.75) is 32.4 Å². The van der Waals surface area contributed by atoms with E-state index in [9.17, 15) is 14.3 Å². The molecule has 7 heteroatoms. The summed E-state index contributed by atoms with van der Waals surface area (Å²) in [7, 11) is 0. The van der Waals surface area contributed by atoms with Crippen LogP contribution in [0.15, 0.2) is 65.6 Å². The fourth-order valence-electron chi connectivity index (χ4n) is 4.51. The van der Waals surface area contributed by atoms with Gasteiger partial charge in [0.25, 0.3) is 5.56 Å². The molecule has 4 aromatic rings. The van der Waals surface area contributed by atoms with Crippen LogP contribution in [0.25, 0.3) is 16.9 Å². The SMILES string of the molecule is Cc1cc(C(C)Nc2ccccc2C2(O)COC2)c2nc(-c3cccc(F)c3)c(C)c(=O)n2c1. The first-order chi connectivity index (χ1) is 16.3. The number of hydrogen-bond donors (Lipinski definition) is 2. The molecule has 34 heavy (non-hydrogen) atoms. The van der Waals surface area contributed by atoms with Crippen LogP contribution in [0.4, 0.5) is 10.1 Å². The van der Waals surface area contributed by atoms with E-state index in [1.165, 1.54) is 12.1 Å². The van der Waals surface area contributed by atoms with E-state index in [1.54, 1.807) is 29.7 Å². The predicted molar refractivity (Wildman–Crippen MR) is 130 cm³/mol. The fourth-order valence-corrected chi connectivity index (χ4v) is 4.51. The molecule has 1 aliphatic rings. The van der Waals surface area contributed by atoms with Crippen molar-refractivity contribution >= 4 is 11.3 Å². The van der Waals surface area contributed by atoms with Crippen LogP contribution in [-0.4, -0.2) is 27.7 Å². The average molecular weight is 460 g/mol. The second-order valence-corrected chi connectivity index (χ2v) is 9.00. The number of fused-ring (bicyclic) bond motifs is 1. The Hall–Kier alpha value is -3.55. The number of hydrogen-bond acceptors (Lipinski definition) is 5. The van der Waals surface area contributed by atoms with Crippen molar-refractivity contribution in [2.75, 3.05) is 18.5 Å². The number of ether oxygens (including phenoxy) is 1. The molecule has 6 nitrogen and oxygen atoms in total. The second-order valence-electron chi connectivity index (χ2n) is 9.00. The molecule has 5 rings (SSSR count). The normalized spacial score (nSPS) is 15.7. The number of anilines is 1. The molecule has 3 heterocycles. The molecule has 0 aliphatic carbocycles. The van der Waals surface area contributed by atoms with Crippen molar-refractivity contribution in [2.24, 2.45) is 0 Å². The fraction of sp³-hybridized carbons (Fsp3) is 0.259. The van der Waals surface area contributed by atoms with Gasteiger partial charge in [0, 0.05) is 34.1 Å². The summed E-state index contributed by atoms with van der Waals surface area (Å²) in [5, 5.41) is 14.4. The maximum atomic E-state index is 13.9. The molecule has 2 aromatic carbocycles. The zero-order valence-electron chi connectivity index (χ0n) is 19.3. The van der Waals surface area contributed by atoms with E-state index in [4.69, 9.17) is 9.72 Å². The highest BCUT2D eigenvalue weighted by Crippen LogP contribution is 2.36. The lowest BCUT2D eigenvalue weighted by molar-refractivity contribution is -0.184. The van der Waals surface area contributed by atoms with Gasteiger partial charge in [-0.05, 0) is 50.6 Å². The van der Waals surface area contributed by atoms with Gasteiger partial charge in [0.15, 0.2) is 0 Å². The standard InChI is InChI=1S/C27H26FN3O3/c1-16-11-21(18(3)29-23-10-5-4-9-22(23)27(33)14-34-15-27)25-30-24(17(2)26(32)31(25)13-16)19-7-6-8-20(28)12-19/h4-13,18,29,33H,14-15H2,1-3H3. The van der Waals surface area contributed by atoms with Crippen molar-refractivity contribution in [3.63, 3.8) is 0 Å². The van der Waals surface area contributed by atoms with E-state index in [1.807, 2.05) is 44.2 Å². The Labute approximate surface area is 196 Å². The number of nitrogens with one attached hydrogen (secondary N) is 1. The average Bonchev–Trinajstić information content (AvgIpc) is 2.80. The highest BCUT2D eigenvalue weighted by Gasteiger charge is 2.39. The van der Waals surface area contributed by atoms with Crippen LogP contribution in [0.3, 0.4) is 0 Å². The molecule has 2 aromatic heterocycles. The van der Waals surface area contributed by atoms with Crippen molar-refractivity contribution in [3.05, 3.63) is 99.2 Å². The van der Waals surface area contributed by atoms with Gasteiger partial charge in [-0.3, -0.25) is 9.20 Å². The van der Waals surface area contributed by atoms with Gasteiger partial charge in [0.1, 0.15) is 17.1 Å². The minimum absolute atomic E-state index is 0.192. The molecule has 0 amide bonds. The Morgan fingerprint density at radius 3 is 2.62 bits per heavy atom. The Morgan fingerprint density at radius 2 is 1.91 bits per heavy atom. The summed E-state index contributed by atoms with van der Waals surface area (Å²) in [5.74, 6) is -0.382. The van der Waals surface area contributed by atoms with Crippen LogP contribution in [0.2, 0.25) is 0 Å². The molecule has 1 saturated heterocycles. The number of pyridine rings is 1. The first-order valence-corrected chi connectivity index (χ1v) is 11.2. The van der Waals surface area contributed by atoms with Crippen LogP contribution < -0.4 is 10.9 Å². The van der Waals surface area contributed by atoms with Crippen LogP contribution in [-0.2, 0) is 10.3 Å². The van der Waals surface area contributed by atoms with Crippen LogP contribution >= 0.6 is 0 Å². The van der Waals surface area contributed by atoms with Crippen molar-refractivity contribution < 1.29 is 14.2 Å². The summed E-state index contributed by atoms with van der Waals surface area (Å²) in [5.41, 5.74) is 4.06. The molecular weight excluding hydrogens is 433 g/mol. The number of benzene rings is 2. The minimum Gasteiger partial charge on any atom is -0.380 e. The minimum atomic E-state index is -1.02. The highest BCUT2D eigenvalue weighted by molar-refractivity contribution is 5.67. The van der Waals surface area contributed by atoms with Crippen LogP contribution in [0, 0.1) is 19.7 Å². The number of aryl methyl sites for hydroxylation is 1. The molecule has 0 spiro atoms. The van der Waals surface area contributed by atoms with Gasteiger partial charge >= 0.3 is 0 Å². The number of nitrogens with zero attached hydrogens (tertiary/aromatic N) is 2. The van der Waals surface area contributed by atoms with E-state index in [2.05, 4.69) is 5.32 Å². The zero-order chi connectivity index (χ0) is 24.0. The highest BCUT2D eigenvalue weighted by atomic mass is 19.1. The predicted octanol–water partition coefficient (Wildman–Crippen LogP) is 4.51. The molecule has 0 bridgehead atoms. The maximum absolute atomic E-state index is 13.9. The van der Waals surface area contributed by atoms with Crippen molar-refractivity contribution in [1.82, 2.24) is 9.38 Å². The Balaban J connectivity index is 1.63. The molecule has 1 atom stereocenters. The van der Waals surface area contributed by atoms with Crippen LogP contribution in [0.5, 0.6) is 0 Å². The van der Waals surface area contributed by atoms with Gasteiger partial charge in [-0.2, -0.15) is 0 Å². The van der Waals surface area contributed by atoms with Gasteiger partial charge in [-0.25, -0.2) is 9.37 Å². The largest absolute Gasteiger partial charge is 0.380 e. The molecule has 2 N–H and O–H groups in total. The lowest BCUT2D eigenvalue weighted by atomic mass is 9.90. The maximum Gasteiger partial charge on any atom is 0.261 e. The van der Waals surface area contributed by atoms with Crippen molar-refractivity contribution in [3.8, 4) is 11.3 Å². The Kier molecular flexibility index (Phi) is 5.46. The third-order valence-electron chi connectivity index (χ3n) is 6.36. The summed E-state index contributed by atoms with van der Waals surface area (Å²) in [6.45, 7) is 6.13. The first kappa shape index (κ1) is 22.3. The van der Waals surface area contributed by atoms with Crippen molar-refractivity contribution in [1.29, 1.82) is 0 Å². The van der Waals surface area contributed by atoms with Gasteiger partial charge in [0.05, 0.1) is 24.9 Å². The lowest BCUT2D eigenvalue weighted by Crippen LogP contribution is -2.46. The van der Waals surface area contributed by atoms with E-state index in [0.717, 1.165) is 22.4 Å². The van der Waals surface area contributed by atoms with Gasteiger partial charge in [0.2, 0.25) is 0 Å². The third kappa shape index (κ3) is 3.77. The lowest BCUT2D eigenvalue weighted by Gasteiger charge is -2.38. The van der Waals surface area contributed by atoms with Crippen LogP contribution in [0.1, 0.15) is 35.2 Å². The summed E-state index contributed by atoms with van der Waals surface area (Å²) >= 11 is 0. The number of halogens is 1. The molecule has 0 saturated carbocycles. The van der Waals surface area contributed by atoms with E-state index < -0.39 is 5.60 Å². The number of aliphatic hydroxyl groups is 1. The molecule has 1 aliphatic heterocycles. The third-order valence-corrected chi connectivity index (χ3v) is 6.36. The van der Waals surface area contributed by atoms with E-state index in [0.29, 0.717) is 22.5 Å². The zero-order valence-corrected chi connectivity index (χ0v) is 19.3. The summed E-state index contributed by atoms with van der Waals surface area (Å²) in [6, 6.07) is 15.5. The topological polar surface area (TPSA) is 75.9 Å². The van der Waals surface area contributed by atoms with Gasteiger partial charge in [-0.1, -0.05) is 30.3 Å². The molecule has 174 valence electrons. The molecular formula is C27H26FN3O3. The van der Waals surface area contributed by atoms with Gasteiger partial charge < -0.3 is 15.2 Å². The first-order valence-electron chi connectivity index (χ1n) is 11.2. The number of para-hydroxylation sites is 1. The van der Waals surface area contributed by atoms with E-state index >= 15 is 0 Å². The molecule has 1 fully saturated rings. The Bertz CT molecular complexity index is 1460. The number of aromatic nitrogens is 2.